The molecule has 16 heavy (non-hydrogen) atoms. The van der Waals surface area contributed by atoms with Crippen molar-refractivity contribution in [3.63, 3.8) is 0 Å². The van der Waals surface area contributed by atoms with Crippen LogP contribution in [0.25, 0.3) is 0 Å². The molecule has 0 fully saturated rings. The Morgan fingerprint density at radius 3 is 2.56 bits per heavy atom. The highest BCUT2D eigenvalue weighted by Gasteiger charge is 2.13. The number of carbonyl (C=O) groups is 1. The lowest BCUT2D eigenvalue weighted by Crippen LogP contribution is -2.35. The number of rotatable bonds is 6. The maximum Gasteiger partial charge on any atom is 0.320 e. The van der Waals surface area contributed by atoms with Gasteiger partial charge in [-0.05, 0) is 19.2 Å². The van der Waals surface area contributed by atoms with Crippen LogP contribution in [0.3, 0.4) is 0 Å². The van der Waals surface area contributed by atoms with Crippen molar-refractivity contribution < 1.29 is 14.6 Å². The number of benzene rings is 1. The lowest BCUT2D eigenvalue weighted by molar-refractivity contribution is -0.139. The molecule has 0 saturated heterocycles. The van der Waals surface area contributed by atoms with Crippen LogP contribution >= 0.6 is 12.4 Å². The number of carboxylic acids is 1. The van der Waals surface area contributed by atoms with Gasteiger partial charge in [0.15, 0.2) is 0 Å². The van der Waals surface area contributed by atoms with Crippen LogP contribution < -0.4 is 10.1 Å². The third kappa shape index (κ3) is 5.00. The number of nitrogens with one attached hydrogen (secondary N) is 1. The Bertz CT molecular complexity index is 305. The molecule has 1 atom stereocenters. The highest BCUT2D eigenvalue weighted by atomic mass is 35.5. The highest BCUT2D eigenvalue weighted by molar-refractivity contribution is 5.85. The summed E-state index contributed by atoms with van der Waals surface area (Å²) in [6.45, 7) is 0.391. The number of hydrogen-bond acceptors (Lipinski definition) is 3. The van der Waals surface area contributed by atoms with Crippen LogP contribution in [0.5, 0.6) is 5.75 Å². The van der Waals surface area contributed by atoms with Crippen molar-refractivity contribution in [2.24, 2.45) is 0 Å². The van der Waals surface area contributed by atoms with Gasteiger partial charge in [0.2, 0.25) is 0 Å². The number of carboxylic acid groups (broad SMARTS) is 1. The summed E-state index contributed by atoms with van der Waals surface area (Å²) in [4.78, 5) is 10.7. The number of likely N-dealkylation sites (N-methyl/N-ethyl adjacent to an activating group) is 1. The predicted molar refractivity (Wildman–Crippen MR) is 64.3 cm³/mol. The fourth-order valence-corrected chi connectivity index (χ4v) is 1.20. The van der Waals surface area contributed by atoms with E-state index in [1.807, 2.05) is 30.3 Å². The summed E-state index contributed by atoms with van der Waals surface area (Å²) in [7, 11) is 1.63. The van der Waals surface area contributed by atoms with Crippen molar-refractivity contribution in [2.45, 2.75) is 12.5 Å². The summed E-state index contributed by atoms with van der Waals surface area (Å²) in [5.74, 6) is -0.0908. The monoisotopic (exact) mass is 245 g/mol. The first-order valence-corrected chi connectivity index (χ1v) is 4.82. The zero-order valence-electron chi connectivity index (χ0n) is 9.05. The Balaban J connectivity index is 0.00000225. The molecule has 0 bridgehead atoms. The minimum Gasteiger partial charge on any atom is -0.494 e. The normalized spacial score (nSPS) is 11.3. The average molecular weight is 246 g/mol. The summed E-state index contributed by atoms with van der Waals surface area (Å²) in [6.07, 6.45) is 0.445. The standard InChI is InChI=1S/C11H15NO3.ClH/c1-12-10(11(13)14)7-8-15-9-5-3-2-4-6-9;/h2-6,10,12H,7-8H2,1H3,(H,13,14);1H/t10-;/m0./s1. The molecule has 0 aliphatic heterocycles. The number of aliphatic carboxylic acids is 1. The zero-order chi connectivity index (χ0) is 11.1. The lowest BCUT2D eigenvalue weighted by atomic mass is 10.2. The van der Waals surface area contributed by atoms with Crippen molar-refractivity contribution in [1.82, 2.24) is 5.32 Å². The van der Waals surface area contributed by atoms with E-state index >= 15 is 0 Å². The summed E-state index contributed by atoms with van der Waals surface area (Å²) >= 11 is 0. The molecule has 0 amide bonds. The second-order valence-electron chi connectivity index (χ2n) is 3.13. The molecule has 0 unspecified atom stereocenters. The van der Waals surface area contributed by atoms with Gasteiger partial charge >= 0.3 is 5.97 Å². The van der Waals surface area contributed by atoms with Gasteiger partial charge in [-0.2, -0.15) is 0 Å². The fraction of sp³-hybridized carbons (Fsp3) is 0.364. The van der Waals surface area contributed by atoms with E-state index in [9.17, 15) is 4.79 Å². The Labute approximate surface area is 101 Å². The van der Waals surface area contributed by atoms with Gasteiger partial charge < -0.3 is 15.2 Å². The third-order valence-corrected chi connectivity index (χ3v) is 2.07. The van der Waals surface area contributed by atoms with Gasteiger partial charge in [0.05, 0.1) is 6.61 Å². The van der Waals surface area contributed by atoms with Gasteiger partial charge in [-0.15, -0.1) is 12.4 Å². The summed E-state index contributed by atoms with van der Waals surface area (Å²) in [6, 6.07) is 8.79. The van der Waals surface area contributed by atoms with Crippen molar-refractivity contribution in [2.75, 3.05) is 13.7 Å². The van der Waals surface area contributed by atoms with Crippen LogP contribution in [0.15, 0.2) is 30.3 Å². The minimum absolute atomic E-state index is 0. The van der Waals surface area contributed by atoms with Crippen molar-refractivity contribution in [3.05, 3.63) is 30.3 Å². The zero-order valence-corrected chi connectivity index (χ0v) is 9.87. The van der Waals surface area contributed by atoms with Crippen LogP contribution in [0, 0.1) is 0 Å². The molecule has 5 heteroatoms. The average Bonchev–Trinajstić information content (AvgIpc) is 2.25. The van der Waals surface area contributed by atoms with E-state index < -0.39 is 12.0 Å². The van der Waals surface area contributed by atoms with Gasteiger partial charge in [0.1, 0.15) is 11.8 Å². The largest absolute Gasteiger partial charge is 0.494 e. The van der Waals surface area contributed by atoms with Gasteiger partial charge in [0.25, 0.3) is 0 Å². The molecule has 0 saturated carbocycles. The van der Waals surface area contributed by atoms with Crippen LogP contribution in [0.2, 0.25) is 0 Å². The molecule has 4 nitrogen and oxygen atoms in total. The van der Waals surface area contributed by atoms with E-state index in [1.54, 1.807) is 7.05 Å². The molecule has 90 valence electrons. The molecule has 1 rings (SSSR count). The Morgan fingerprint density at radius 1 is 1.44 bits per heavy atom. The van der Waals surface area contributed by atoms with E-state index in [0.717, 1.165) is 5.75 Å². The van der Waals surface area contributed by atoms with Crippen molar-refractivity contribution in [3.8, 4) is 5.75 Å². The first-order chi connectivity index (χ1) is 7.24. The molecule has 0 aromatic heterocycles. The third-order valence-electron chi connectivity index (χ3n) is 2.07. The number of ether oxygens (including phenoxy) is 1. The lowest BCUT2D eigenvalue weighted by Gasteiger charge is -2.11. The molecular formula is C11H16ClNO3. The Kier molecular flexibility index (Phi) is 7.33. The van der Waals surface area contributed by atoms with Gasteiger partial charge in [-0.3, -0.25) is 4.79 Å². The van der Waals surface area contributed by atoms with Crippen LogP contribution in [-0.4, -0.2) is 30.8 Å². The second-order valence-corrected chi connectivity index (χ2v) is 3.13. The molecule has 0 aliphatic rings. The molecular weight excluding hydrogens is 230 g/mol. The molecule has 2 N–H and O–H groups in total. The van der Waals surface area contributed by atoms with E-state index in [0.29, 0.717) is 13.0 Å². The molecule has 0 heterocycles. The van der Waals surface area contributed by atoms with Crippen LogP contribution in [0.1, 0.15) is 6.42 Å². The topological polar surface area (TPSA) is 58.6 Å². The minimum atomic E-state index is -0.853. The fourth-order valence-electron chi connectivity index (χ4n) is 1.20. The summed E-state index contributed by atoms with van der Waals surface area (Å²) < 4.78 is 5.39. The molecule has 1 aromatic carbocycles. The summed E-state index contributed by atoms with van der Waals surface area (Å²) in [5, 5.41) is 11.5. The summed E-state index contributed by atoms with van der Waals surface area (Å²) in [5.41, 5.74) is 0. The van der Waals surface area contributed by atoms with Crippen LogP contribution in [-0.2, 0) is 4.79 Å². The molecule has 0 spiro atoms. The number of para-hydroxylation sites is 1. The molecule has 1 aromatic rings. The molecule has 0 radical (unpaired) electrons. The maximum absolute atomic E-state index is 10.7. The van der Waals surface area contributed by atoms with E-state index in [2.05, 4.69) is 5.32 Å². The second kappa shape index (κ2) is 7.96. The quantitative estimate of drug-likeness (QED) is 0.799. The van der Waals surface area contributed by atoms with Crippen molar-refractivity contribution in [1.29, 1.82) is 0 Å². The number of halogens is 1. The first-order valence-electron chi connectivity index (χ1n) is 4.82. The SMILES string of the molecule is CN[C@@H](CCOc1ccccc1)C(=O)O.Cl. The van der Waals surface area contributed by atoms with Gasteiger partial charge in [0, 0.05) is 6.42 Å². The Morgan fingerprint density at radius 2 is 2.06 bits per heavy atom. The van der Waals surface area contributed by atoms with Crippen molar-refractivity contribution >= 4 is 18.4 Å². The molecule has 0 aliphatic carbocycles. The van der Waals surface area contributed by atoms with E-state index in [-0.39, 0.29) is 12.4 Å². The van der Waals surface area contributed by atoms with E-state index in [4.69, 9.17) is 9.84 Å². The number of hydrogen-bond donors (Lipinski definition) is 2. The van der Waals surface area contributed by atoms with E-state index in [1.165, 1.54) is 0 Å². The van der Waals surface area contributed by atoms with Gasteiger partial charge in [-0.1, -0.05) is 18.2 Å². The Hall–Kier alpha value is -1.26. The maximum atomic E-state index is 10.7. The highest BCUT2D eigenvalue weighted by Crippen LogP contribution is 2.08. The van der Waals surface area contributed by atoms with Gasteiger partial charge in [-0.25, -0.2) is 0 Å². The van der Waals surface area contributed by atoms with Crippen LogP contribution in [0.4, 0.5) is 0 Å². The predicted octanol–water partition coefficient (Wildman–Crippen LogP) is 1.55. The first kappa shape index (κ1) is 14.7. The smallest absolute Gasteiger partial charge is 0.320 e.